The van der Waals surface area contributed by atoms with Gasteiger partial charge < -0.3 is 4.74 Å². The van der Waals surface area contributed by atoms with Gasteiger partial charge in [-0.25, -0.2) is 4.98 Å². The number of methoxy groups -OCH3 is 1. The Morgan fingerprint density at radius 2 is 2.30 bits per heavy atom. The lowest BCUT2D eigenvalue weighted by Crippen LogP contribution is -2.25. The lowest BCUT2D eigenvalue weighted by atomic mass is 10.1. The number of hydrogen-bond donors (Lipinski definition) is 0. The molecule has 1 amide bonds. The fourth-order valence-electron chi connectivity index (χ4n) is 2.35. The van der Waals surface area contributed by atoms with Gasteiger partial charge in [0.1, 0.15) is 0 Å². The second kappa shape index (κ2) is 4.86. The molecule has 2 aromatic rings. The molecule has 1 saturated heterocycles. The maximum Gasteiger partial charge on any atom is 0.311 e. The second-order valence-electron chi connectivity index (χ2n) is 4.90. The summed E-state index contributed by atoms with van der Waals surface area (Å²) in [6, 6.07) is 5.99. The van der Waals surface area contributed by atoms with Crippen LogP contribution in [0.2, 0.25) is 0 Å². The predicted molar refractivity (Wildman–Crippen MR) is 76.8 cm³/mol. The zero-order chi connectivity index (χ0) is 14.3. The van der Waals surface area contributed by atoms with Crippen LogP contribution in [0.1, 0.15) is 12.0 Å². The molecule has 0 radical (unpaired) electrons. The number of carbonyl (C=O) groups excluding carboxylic acids is 2. The van der Waals surface area contributed by atoms with Gasteiger partial charge in [-0.05, 0) is 24.6 Å². The Kier molecular flexibility index (Phi) is 3.17. The van der Waals surface area contributed by atoms with Crippen molar-refractivity contribution in [1.82, 2.24) is 4.98 Å². The van der Waals surface area contributed by atoms with Crippen LogP contribution in [-0.4, -0.2) is 30.5 Å². The molecule has 1 aromatic heterocycles. The average molecular weight is 290 g/mol. The van der Waals surface area contributed by atoms with Crippen LogP contribution in [0.15, 0.2) is 18.2 Å². The minimum absolute atomic E-state index is 0.0730. The normalized spacial score (nSPS) is 18.8. The maximum atomic E-state index is 12.0. The van der Waals surface area contributed by atoms with E-state index in [1.54, 1.807) is 4.90 Å². The third-order valence-corrected chi connectivity index (χ3v) is 4.46. The number of carbonyl (C=O) groups is 2. The molecule has 104 valence electrons. The van der Waals surface area contributed by atoms with Crippen molar-refractivity contribution in [3.05, 3.63) is 23.8 Å². The number of anilines is 1. The molecule has 1 aliphatic heterocycles. The van der Waals surface area contributed by atoms with Gasteiger partial charge in [-0.2, -0.15) is 0 Å². The highest BCUT2D eigenvalue weighted by molar-refractivity contribution is 7.22. The summed E-state index contributed by atoms with van der Waals surface area (Å²) in [5.74, 6) is -0.796. The first kappa shape index (κ1) is 13.1. The first-order valence-corrected chi connectivity index (χ1v) is 7.15. The van der Waals surface area contributed by atoms with E-state index in [-0.39, 0.29) is 24.2 Å². The number of aromatic nitrogens is 1. The van der Waals surface area contributed by atoms with Crippen molar-refractivity contribution in [2.45, 2.75) is 13.3 Å². The van der Waals surface area contributed by atoms with Gasteiger partial charge in [0.25, 0.3) is 0 Å². The van der Waals surface area contributed by atoms with E-state index in [2.05, 4.69) is 11.1 Å². The highest BCUT2D eigenvalue weighted by atomic mass is 32.1. The van der Waals surface area contributed by atoms with E-state index in [0.29, 0.717) is 11.7 Å². The molecule has 0 bridgehead atoms. The minimum Gasteiger partial charge on any atom is -0.469 e. The average Bonchev–Trinajstić information content (AvgIpc) is 3.00. The molecule has 1 aromatic carbocycles. The van der Waals surface area contributed by atoms with Crippen LogP contribution in [0.25, 0.3) is 10.2 Å². The second-order valence-corrected chi connectivity index (χ2v) is 5.91. The molecule has 0 N–H and O–H groups in total. The van der Waals surface area contributed by atoms with Crippen LogP contribution in [0, 0.1) is 12.8 Å². The third-order valence-electron chi connectivity index (χ3n) is 3.42. The number of rotatable bonds is 2. The van der Waals surface area contributed by atoms with Crippen molar-refractivity contribution < 1.29 is 14.3 Å². The highest BCUT2D eigenvalue weighted by Gasteiger charge is 2.37. The van der Waals surface area contributed by atoms with E-state index < -0.39 is 0 Å². The molecule has 5 nitrogen and oxygen atoms in total. The van der Waals surface area contributed by atoms with Crippen LogP contribution in [0.5, 0.6) is 0 Å². The summed E-state index contributed by atoms with van der Waals surface area (Å²) in [6.07, 6.45) is 0.196. The number of thiazole rings is 1. The lowest BCUT2D eigenvalue weighted by molar-refractivity contribution is -0.145. The fourth-order valence-corrected chi connectivity index (χ4v) is 3.44. The molecule has 20 heavy (non-hydrogen) atoms. The Balaban J connectivity index is 1.91. The van der Waals surface area contributed by atoms with E-state index >= 15 is 0 Å². The van der Waals surface area contributed by atoms with Crippen molar-refractivity contribution in [2.75, 3.05) is 18.6 Å². The fraction of sp³-hybridized carbons (Fsp3) is 0.357. The molecule has 1 aliphatic rings. The van der Waals surface area contributed by atoms with Crippen LogP contribution in [0.3, 0.4) is 0 Å². The largest absolute Gasteiger partial charge is 0.469 e. The van der Waals surface area contributed by atoms with Crippen molar-refractivity contribution in [3.8, 4) is 0 Å². The molecule has 0 saturated carbocycles. The zero-order valence-electron chi connectivity index (χ0n) is 11.3. The molecule has 3 rings (SSSR count). The molecule has 0 aliphatic carbocycles. The molecule has 1 fully saturated rings. The van der Waals surface area contributed by atoms with Crippen LogP contribution in [-0.2, 0) is 14.3 Å². The Hall–Kier alpha value is -1.95. The number of esters is 1. The van der Waals surface area contributed by atoms with E-state index in [9.17, 15) is 9.59 Å². The van der Waals surface area contributed by atoms with E-state index in [4.69, 9.17) is 4.74 Å². The minimum atomic E-state index is -0.388. The first-order chi connectivity index (χ1) is 9.58. The van der Waals surface area contributed by atoms with Gasteiger partial charge in [0.2, 0.25) is 5.91 Å². The highest BCUT2D eigenvalue weighted by Crippen LogP contribution is 2.33. The van der Waals surface area contributed by atoms with E-state index in [1.165, 1.54) is 18.4 Å². The van der Waals surface area contributed by atoms with Gasteiger partial charge in [0, 0.05) is 13.0 Å². The van der Waals surface area contributed by atoms with Crippen molar-refractivity contribution >= 4 is 38.6 Å². The molecule has 1 atom stereocenters. The summed E-state index contributed by atoms with van der Waals surface area (Å²) in [5, 5.41) is 0.655. The topological polar surface area (TPSA) is 59.5 Å². The van der Waals surface area contributed by atoms with E-state index in [1.807, 2.05) is 19.1 Å². The number of benzene rings is 1. The summed E-state index contributed by atoms with van der Waals surface area (Å²) in [7, 11) is 1.34. The Morgan fingerprint density at radius 1 is 1.50 bits per heavy atom. The van der Waals surface area contributed by atoms with Gasteiger partial charge in [0.15, 0.2) is 5.13 Å². The Bertz CT molecular complexity index is 695. The SMILES string of the molecule is COC(=O)C1CC(=O)N(c2nc3ccc(C)cc3s2)C1. The maximum absolute atomic E-state index is 12.0. The number of ether oxygens (including phenoxy) is 1. The molecule has 2 heterocycles. The van der Waals surface area contributed by atoms with Gasteiger partial charge in [-0.3, -0.25) is 14.5 Å². The van der Waals surface area contributed by atoms with Crippen molar-refractivity contribution in [1.29, 1.82) is 0 Å². The zero-order valence-corrected chi connectivity index (χ0v) is 12.1. The van der Waals surface area contributed by atoms with Gasteiger partial charge in [-0.1, -0.05) is 17.4 Å². The summed E-state index contributed by atoms with van der Waals surface area (Å²) in [6.45, 7) is 2.37. The summed E-state index contributed by atoms with van der Waals surface area (Å²) < 4.78 is 5.76. The molecule has 0 spiro atoms. The summed E-state index contributed by atoms with van der Waals surface area (Å²) in [4.78, 5) is 29.6. The number of fused-ring (bicyclic) bond motifs is 1. The molecule has 1 unspecified atom stereocenters. The van der Waals surface area contributed by atoms with Crippen molar-refractivity contribution in [2.24, 2.45) is 5.92 Å². The number of nitrogens with zero attached hydrogens (tertiary/aromatic N) is 2. The predicted octanol–water partition coefficient (Wildman–Crippen LogP) is 2.13. The Morgan fingerprint density at radius 3 is 3.05 bits per heavy atom. The first-order valence-electron chi connectivity index (χ1n) is 6.34. The smallest absolute Gasteiger partial charge is 0.311 e. The Labute approximate surface area is 120 Å². The van der Waals surface area contributed by atoms with Gasteiger partial charge >= 0.3 is 5.97 Å². The van der Waals surface area contributed by atoms with Crippen LogP contribution < -0.4 is 4.90 Å². The quantitative estimate of drug-likeness (QED) is 0.795. The summed E-state index contributed by atoms with van der Waals surface area (Å²) in [5.41, 5.74) is 2.04. The van der Waals surface area contributed by atoms with Gasteiger partial charge in [-0.15, -0.1) is 0 Å². The van der Waals surface area contributed by atoms with Crippen molar-refractivity contribution in [3.63, 3.8) is 0 Å². The summed E-state index contributed by atoms with van der Waals surface area (Å²) >= 11 is 1.48. The monoisotopic (exact) mass is 290 g/mol. The third kappa shape index (κ3) is 2.16. The molecular weight excluding hydrogens is 276 g/mol. The lowest BCUT2D eigenvalue weighted by Gasteiger charge is -2.11. The molecule has 6 heteroatoms. The number of hydrogen-bond acceptors (Lipinski definition) is 5. The molecular formula is C14H14N2O3S. The van der Waals surface area contributed by atoms with Gasteiger partial charge in [0.05, 0.1) is 23.2 Å². The van der Waals surface area contributed by atoms with Crippen LogP contribution >= 0.6 is 11.3 Å². The number of aryl methyl sites for hydroxylation is 1. The standard InChI is InChI=1S/C14H14N2O3S/c1-8-3-4-10-11(5-8)20-14(15-10)16-7-9(6-12(16)17)13(18)19-2/h3-5,9H,6-7H2,1-2H3. The van der Waals surface area contributed by atoms with E-state index in [0.717, 1.165) is 15.8 Å². The van der Waals surface area contributed by atoms with Crippen LogP contribution in [0.4, 0.5) is 5.13 Å². The number of amides is 1.